The SMILES string of the molecule is CCCCCCCCCCCCCCCCCC/C=C/C=C/C(=O)O[C@]12[C@H]3[C@@H](OC(=O)c4ccccc4)[C@](O)(C[C@H]3[C@@]34C5[C@@H]1[C@H](OC)[C@@H]3[C@](COC)(CN5CC)[C@H](O)C[C@@H]4OC)[C@@H](OC)[C@@H]2O. The number of hydrogen-bond donors (Lipinski definition) is 3. The Labute approximate surface area is 401 Å². The minimum Gasteiger partial charge on any atom is -0.455 e. The fourth-order valence-corrected chi connectivity index (χ4v) is 15.4. The number of likely N-dealkylation sites (tertiary alicyclic amines) is 1. The van der Waals surface area contributed by atoms with Crippen LogP contribution in [0.5, 0.6) is 0 Å². The van der Waals surface area contributed by atoms with Gasteiger partial charge in [-0.2, -0.15) is 0 Å². The lowest BCUT2D eigenvalue weighted by molar-refractivity contribution is -0.322. The second-order valence-corrected chi connectivity index (χ2v) is 21.1. The number of unbranched alkanes of at least 4 members (excludes halogenated alkanes) is 16. The van der Waals surface area contributed by atoms with Crippen LogP contribution < -0.4 is 0 Å². The van der Waals surface area contributed by atoms with Gasteiger partial charge in [-0.25, -0.2) is 9.59 Å². The molecule has 1 spiro atoms. The summed E-state index contributed by atoms with van der Waals surface area (Å²) in [6.45, 7) is 5.63. The number of nitrogens with zero attached hydrogens (tertiary/aromatic N) is 1. The molecule has 1 aromatic carbocycles. The van der Waals surface area contributed by atoms with Gasteiger partial charge in [0, 0.05) is 82.1 Å². The first-order valence-corrected chi connectivity index (χ1v) is 26.2. The van der Waals surface area contributed by atoms with Crippen molar-refractivity contribution in [1.82, 2.24) is 4.90 Å². The summed E-state index contributed by atoms with van der Waals surface area (Å²) in [5, 5.41) is 38.4. The van der Waals surface area contributed by atoms with Gasteiger partial charge in [0.05, 0.1) is 30.5 Å². The van der Waals surface area contributed by atoms with Gasteiger partial charge < -0.3 is 43.7 Å². The van der Waals surface area contributed by atoms with Crippen LogP contribution in [0, 0.1) is 34.5 Å². The fraction of sp³-hybridized carbons (Fsp3) is 0.782. The second kappa shape index (κ2) is 23.0. The lowest BCUT2D eigenvalue weighted by Gasteiger charge is -2.70. The number of aliphatic hydroxyl groups excluding tert-OH is 2. The topological polar surface area (TPSA) is 153 Å². The molecule has 7 bridgehead atoms. The molecule has 0 amide bonds. The van der Waals surface area contributed by atoms with E-state index in [0.29, 0.717) is 25.1 Å². The Balaban J connectivity index is 1.09. The quantitative estimate of drug-likeness (QED) is 0.0320. The Kier molecular flexibility index (Phi) is 17.9. The first-order valence-electron chi connectivity index (χ1n) is 26.2. The van der Waals surface area contributed by atoms with Crippen molar-refractivity contribution in [2.75, 3.05) is 48.1 Å². The third-order valence-corrected chi connectivity index (χ3v) is 17.8. The largest absolute Gasteiger partial charge is 0.455 e. The number of allylic oxidation sites excluding steroid dienone is 3. The van der Waals surface area contributed by atoms with E-state index < -0.39 is 94.3 Å². The molecule has 12 nitrogen and oxygen atoms in total. The number of carbonyl (C=O) groups excluding carboxylic acids is 2. The van der Waals surface area contributed by atoms with Crippen LogP contribution in [0.15, 0.2) is 54.6 Å². The lowest BCUT2D eigenvalue weighted by atomic mass is 9.42. The highest BCUT2D eigenvalue weighted by Crippen LogP contribution is 2.80. The standard InChI is InChI=1S/C55H85NO11/c1-7-9-10-11-12-13-14-15-16-17-18-19-20-21-22-23-24-25-26-30-33-42(58)67-55-43-39(35-53(61,50(65-6)48(55)59)49(43)66-51(60)38-31-28-27-29-32-38)54-41(63-4)34-40(57)52(37-62-3)36-56(8-2)47(54)44(55)45(64-5)46(52)54/h25-33,39-41,43-50,57,59,61H,7-24,34-37H2,1-6H3/b26-25+,33-30+/t39-,40-,41+,43-,44+,45+,46-,47?,48+,49-,50+,52+,53-,54+,55-/m1/s1. The highest BCUT2D eigenvalue weighted by atomic mass is 16.6. The van der Waals surface area contributed by atoms with Crippen LogP contribution in [0.1, 0.15) is 146 Å². The maximum Gasteiger partial charge on any atom is 0.338 e. The van der Waals surface area contributed by atoms with Crippen LogP contribution in [0.4, 0.5) is 0 Å². The lowest BCUT2D eigenvalue weighted by Crippen LogP contribution is -2.81. The highest BCUT2D eigenvalue weighted by Gasteiger charge is 2.92. The third-order valence-electron chi connectivity index (χ3n) is 17.8. The van der Waals surface area contributed by atoms with E-state index >= 15 is 0 Å². The first-order chi connectivity index (χ1) is 32.5. The monoisotopic (exact) mass is 936 g/mol. The third kappa shape index (κ3) is 9.26. The molecule has 376 valence electrons. The van der Waals surface area contributed by atoms with Crippen molar-refractivity contribution < 1.29 is 53.3 Å². The Hall–Kier alpha value is -2.68. The number of benzene rings is 1. The van der Waals surface area contributed by atoms with E-state index in [0.717, 1.165) is 12.8 Å². The molecule has 1 aromatic rings. The number of aliphatic hydroxyl groups is 3. The minimum atomic E-state index is -1.87. The summed E-state index contributed by atoms with van der Waals surface area (Å²) < 4.78 is 38.6. The summed E-state index contributed by atoms with van der Waals surface area (Å²) in [5.74, 6) is -3.89. The maximum atomic E-state index is 14.5. The Bertz CT molecular complexity index is 1810. The summed E-state index contributed by atoms with van der Waals surface area (Å²) in [6, 6.07) is 8.23. The van der Waals surface area contributed by atoms with Crippen molar-refractivity contribution in [2.24, 2.45) is 34.5 Å². The number of carbonyl (C=O) groups is 2. The molecule has 15 atom stereocenters. The van der Waals surface area contributed by atoms with Crippen LogP contribution in [-0.4, -0.2) is 134 Å². The summed E-state index contributed by atoms with van der Waals surface area (Å²) >= 11 is 0. The molecule has 6 aliphatic rings. The van der Waals surface area contributed by atoms with E-state index in [4.69, 9.17) is 28.4 Å². The van der Waals surface area contributed by atoms with Gasteiger partial charge in [0.2, 0.25) is 0 Å². The molecule has 0 aromatic heterocycles. The van der Waals surface area contributed by atoms with E-state index in [1.165, 1.54) is 109 Å². The molecule has 5 saturated carbocycles. The number of rotatable bonds is 28. The van der Waals surface area contributed by atoms with Gasteiger partial charge in [-0.05, 0) is 43.9 Å². The van der Waals surface area contributed by atoms with E-state index in [-0.39, 0.29) is 19.1 Å². The predicted molar refractivity (Wildman–Crippen MR) is 257 cm³/mol. The second-order valence-electron chi connectivity index (χ2n) is 21.1. The normalized spacial score (nSPS) is 38.3. The molecule has 5 aliphatic carbocycles. The smallest absolute Gasteiger partial charge is 0.338 e. The summed E-state index contributed by atoms with van der Waals surface area (Å²) in [5.41, 5.74) is -5.00. The van der Waals surface area contributed by atoms with Gasteiger partial charge in [0.25, 0.3) is 0 Å². The van der Waals surface area contributed by atoms with Gasteiger partial charge in [-0.15, -0.1) is 0 Å². The molecule has 0 radical (unpaired) electrons. The molecular weight excluding hydrogens is 851 g/mol. The van der Waals surface area contributed by atoms with Gasteiger partial charge >= 0.3 is 11.9 Å². The number of methoxy groups -OCH3 is 4. The first kappa shape index (κ1) is 52.2. The highest BCUT2D eigenvalue weighted by molar-refractivity contribution is 5.89. The van der Waals surface area contributed by atoms with E-state index in [2.05, 4.69) is 24.8 Å². The molecular formula is C55H85NO11. The van der Waals surface area contributed by atoms with Crippen LogP contribution in [0.2, 0.25) is 0 Å². The number of ether oxygens (including phenoxy) is 6. The molecule has 12 heteroatoms. The number of fused-ring (bicyclic) bond motifs is 2. The molecule has 1 aliphatic heterocycles. The Morgan fingerprint density at radius 2 is 1.40 bits per heavy atom. The number of piperidine rings is 1. The average Bonchev–Trinajstić information content (AvgIpc) is 3.71. The van der Waals surface area contributed by atoms with Crippen molar-refractivity contribution >= 4 is 11.9 Å². The van der Waals surface area contributed by atoms with E-state index in [9.17, 15) is 24.9 Å². The zero-order chi connectivity index (χ0) is 47.8. The van der Waals surface area contributed by atoms with Crippen molar-refractivity contribution in [3.63, 3.8) is 0 Å². The zero-order valence-electron chi connectivity index (χ0n) is 41.7. The Morgan fingerprint density at radius 1 is 0.776 bits per heavy atom. The van der Waals surface area contributed by atoms with E-state index in [1.807, 2.05) is 12.1 Å². The van der Waals surface area contributed by atoms with E-state index in [1.54, 1.807) is 51.7 Å². The molecule has 7 rings (SSSR count). The minimum absolute atomic E-state index is 0.0595. The predicted octanol–water partition coefficient (Wildman–Crippen LogP) is 8.39. The molecule has 1 heterocycles. The van der Waals surface area contributed by atoms with Crippen LogP contribution in [-0.2, 0) is 33.2 Å². The van der Waals surface area contributed by atoms with Crippen LogP contribution in [0.25, 0.3) is 0 Å². The fourth-order valence-electron chi connectivity index (χ4n) is 15.4. The summed E-state index contributed by atoms with van der Waals surface area (Å²) in [4.78, 5) is 31.0. The number of esters is 2. The summed E-state index contributed by atoms with van der Waals surface area (Å²) in [6.07, 6.45) is 23.4. The van der Waals surface area contributed by atoms with Gasteiger partial charge in [-0.1, -0.05) is 147 Å². The molecule has 6 fully saturated rings. The van der Waals surface area contributed by atoms with Crippen molar-refractivity contribution in [3.05, 3.63) is 60.2 Å². The Morgan fingerprint density at radius 3 is 1.97 bits per heavy atom. The van der Waals surface area contributed by atoms with Gasteiger partial charge in [0.1, 0.15) is 23.9 Å². The number of hydrogen-bond acceptors (Lipinski definition) is 12. The molecule has 1 unspecified atom stereocenters. The van der Waals surface area contributed by atoms with Gasteiger partial charge in [0.15, 0.2) is 5.60 Å². The molecule has 3 N–H and O–H groups in total. The van der Waals surface area contributed by atoms with Crippen LogP contribution in [0.3, 0.4) is 0 Å². The summed E-state index contributed by atoms with van der Waals surface area (Å²) in [7, 11) is 6.36. The molecule has 1 saturated heterocycles. The molecule has 67 heavy (non-hydrogen) atoms. The van der Waals surface area contributed by atoms with Gasteiger partial charge in [-0.3, -0.25) is 4.90 Å². The average molecular weight is 936 g/mol. The van der Waals surface area contributed by atoms with Crippen molar-refractivity contribution in [2.45, 2.75) is 190 Å². The van der Waals surface area contributed by atoms with Crippen LogP contribution >= 0.6 is 0 Å². The van der Waals surface area contributed by atoms with Crippen molar-refractivity contribution in [1.29, 1.82) is 0 Å². The van der Waals surface area contributed by atoms with Crippen molar-refractivity contribution in [3.8, 4) is 0 Å². The zero-order valence-corrected chi connectivity index (χ0v) is 41.7. The maximum absolute atomic E-state index is 14.5.